The fourth-order valence-electron chi connectivity index (χ4n) is 6.55. The smallest absolute Gasteiger partial charge is 0.193 e. The third-order valence-corrected chi connectivity index (χ3v) is 9.90. The van der Waals surface area contributed by atoms with Gasteiger partial charge in [-0.05, 0) is 157 Å². The minimum absolute atomic E-state index is 0.0203. The highest BCUT2D eigenvalue weighted by Gasteiger charge is 2.12. The first kappa shape index (κ1) is 38.2. The summed E-state index contributed by atoms with van der Waals surface area (Å²) in [5.74, 6) is 4.76. The van der Waals surface area contributed by atoms with Crippen LogP contribution in [-0.2, 0) is 6.42 Å². The normalized spacial score (nSPS) is 10.7. The van der Waals surface area contributed by atoms with Gasteiger partial charge in [-0.15, -0.1) is 0 Å². The molecule has 0 N–H and O–H groups in total. The van der Waals surface area contributed by atoms with Crippen molar-refractivity contribution in [3.8, 4) is 51.4 Å². The average molecular weight is 773 g/mol. The summed E-state index contributed by atoms with van der Waals surface area (Å²) in [5, 5.41) is 0. The van der Waals surface area contributed by atoms with Gasteiger partial charge in [-0.1, -0.05) is 78.4 Å². The standard InChI is InChI=1S/C53H40O6/c1-36-3-9-41(10-4-36)52(54)42-15-31-50(32-16-42)58-47-25-11-39(12-26-47)40-13-27-48(28-14-40)59-51-33-19-44(20-34-51)53(55)43-17-29-49(30-18-43)57-46-23-7-38(8-24-46)35-37-5-21-45(56-2)22-6-37/h3-34H,35H2,1-2H3. The van der Waals surface area contributed by atoms with E-state index in [2.05, 4.69) is 24.3 Å². The summed E-state index contributed by atoms with van der Waals surface area (Å²) >= 11 is 0. The molecule has 0 atom stereocenters. The molecule has 8 rings (SSSR count). The minimum atomic E-state index is -0.0879. The highest BCUT2D eigenvalue weighted by atomic mass is 16.5. The molecule has 0 saturated heterocycles. The summed E-state index contributed by atoms with van der Waals surface area (Å²) in [6.07, 6.45) is 0.815. The van der Waals surface area contributed by atoms with E-state index in [9.17, 15) is 9.59 Å². The van der Waals surface area contributed by atoms with Crippen LogP contribution < -0.4 is 18.9 Å². The molecule has 0 aliphatic rings. The molecule has 0 aliphatic carbocycles. The van der Waals surface area contributed by atoms with E-state index < -0.39 is 0 Å². The summed E-state index contributed by atoms with van der Waals surface area (Å²) in [6.45, 7) is 2.00. The molecule has 0 bridgehead atoms. The van der Waals surface area contributed by atoms with E-state index in [0.717, 1.165) is 34.6 Å². The molecule has 0 fully saturated rings. The van der Waals surface area contributed by atoms with Gasteiger partial charge < -0.3 is 18.9 Å². The molecule has 0 amide bonds. The second-order valence-electron chi connectivity index (χ2n) is 14.1. The Kier molecular flexibility index (Phi) is 11.4. The van der Waals surface area contributed by atoms with Crippen molar-refractivity contribution < 1.29 is 28.5 Å². The second kappa shape index (κ2) is 17.6. The Balaban J connectivity index is 0.812. The summed E-state index contributed by atoms with van der Waals surface area (Å²) < 4.78 is 23.4. The molecule has 0 aromatic heterocycles. The Morgan fingerprint density at radius 1 is 0.339 bits per heavy atom. The largest absolute Gasteiger partial charge is 0.497 e. The molecule has 8 aromatic rings. The van der Waals surface area contributed by atoms with Crippen LogP contribution in [0.4, 0.5) is 0 Å². The zero-order valence-electron chi connectivity index (χ0n) is 32.6. The van der Waals surface area contributed by atoms with Crippen LogP contribution in [0.3, 0.4) is 0 Å². The van der Waals surface area contributed by atoms with Crippen LogP contribution >= 0.6 is 0 Å². The number of methoxy groups -OCH3 is 1. The first-order valence-electron chi connectivity index (χ1n) is 19.3. The quantitative estimate of drug-likeness (QED) is 0.103. The van der Waals surface area contributed by atoms with Crippen LogP contribution in [0.15, 0.2) is 194 Å². The lowest BCUT2D eigenvalue weighted by molar-refractivity contribution is 0.103. The lowest BCUT2D eigenvalue weighted by Gasteiger charge is -2.10. The van der Waals surface area contributed by atoms with E-state index in [-0.39, 0.29) is 11.6 Å². The van der Waals surface area contributed by atoms with Crippen molar-refractivity contribution in [1.82, 2.24) is 0 Å². The minimum Gasteiger partial charge on any atom is -0.497 e. The third kappa shape index (κ3) is 9.65. The molecule has 6 heteroatoms. The second-order valence-corrected chi connectivity index (χ2v) is 14.1. The lowest BCUT2D eigenvalue weighted by atomic mass is 10.0. The van der Waals surface area contributed by atoms with E-state index in [4.69, 9.17) is 18.9 Å². The summed E-state index contributed by atoms with van der Waals surface area (Å²) in [6, 6.07) is 60.8. The molecule has 6 nitrogen and oxygen atoms in total. The molecule has 288 valence electrons. The van der Waals surface area contributed by atoms with Gasteiger partial charge in [0.1, 0.15) is 40.2 Å². The van der Waals surface area contributed by atoms with Crippen LogP contribution in [0.5, 0.6) is 40.2 Å². The van der Waals surface area contributed by atoms with Gasteiger partial charge in [-0.3, -0.25) is 9.59 Å². The monoisotopic (exact) mass is 772 g/mol. The highest BCUT2D eigenvalue weighted by Crippen LogP contribution is 2.30. The molecule has 0 heterocycles. The molecule has 0 saturated carbocycles. The summed E-state index contributed by atoms with van der Waals surface area (Å²) in [7, 11) is 1.66. The van der Waals surface area contributed by atoms with Gasteiger partial charge in [-0.25, -0.2) is 0 Å². The van der Waals surface area contributed by atoms with Gasteiger partial charge in [0.25, 0.3) is 0 Å². The van der Waals surface area contributed by atoms with Crippen molar-refractivity contribution in [3.05, 3.63) is 233 Å². The van der Waals surface area contributed by atoms with E-state index in [0.29, 0.717) is 51.0 Å². The fourth-order valence-corrected chi connectivity index (χ4v) is 6.55. The highest BCUT2D eigenvalue weighted by molar-refractivity contribution is 6.09. The van der Waals surface area contributed by atoms with Gasteiger partial charge in [0.05, 0.1) is 7.11 Å². The number of benzene rings is 8. The number of hydrogen-bond acceptors (Lipinski definition) is 6. The van der Waals surface area contributed by atoms with Crippen molar-refractivity contribution >= 4 is 11.6 Å². The Morgan fingerprint density at radius 3 is 0.898 bits per heavy atom. The number of carbonyl (C=O) groups is 2. The molecular weight excluding hydrogens is 733 g/mol. The molecular formula is C53H40O6. The van der Waals surface area contributed by atoms with Gasteiger partial charge in [0.2, 0.25) is 0 Å². The molecule has 0 spiro atoms. The topological polar surface area (TPSA) is 71.1 Å². The molecule has 8 aromatic carbocycles. The van der Waals surface area contributed by atoms with Gasteiger partial charge >= 0.3 is 0 Å². The maximum atomic E-state index is 13.3. The molecule has 59 heavy (non-hydrogen) atoms. The lowest BCUT2D eigenvalue weighted by Crippen LogP contribution is -2.01. The number of ketones is 2. The first-order valence-corrected chi connectivity index (χ1v) is 19.3. The van der Waals surface area contributed by atoms with Gasteiger partial charge in [0, 0.05) is 22.3 Å². The zero-order valence-corrected chi connectivity index (χ0v) is 32.6. The number of rotatable bonds is 14. The number of hydrogen-bond donors (Lipinski definition) is 0. The fraction of sp³-hybridized carbons (Fsp3) is 0.0566. The van der Waals surface area contributed by atoms with Crippen LogP contribution in [0, 0.1) is 6.92 Å². The number of aryl methyl sites for hydroxylation is 1. The average Bonchev–Trinajstić information content (AvgIpc) is 3.28. The Morgan fingerprint density at radius 2 is 0.593 bits per heavy atom. The first-order chi connectivity index (χ1) is 28.8. The number of ether oxygens (including phenoxy) is 4. The van der Waals surface area contributed by atoms with Gasteiger partial charge in [0.15, 0.2) is 11.6 Å². The van der Waals surface area contributed by atoms with Crippen molar-refractivity contribution in [1.29, 1.82) is 0 Å². The predicted molar refractivity (Wildman–Crippen MR) is 232 cm³/mol. The van der Waals surface area contributed by atoms with Crippen LogP contribution in [0.1, 0.15) is 48.5 Å². The Bertz CT molecular complexity index is 2650. The predicted octanol–water partition coefficient (Wildman–Crippen LogP) is 13.1. The zero-order chi connectivity index (χ0) is 40.6. The van der Waals surface area contributed by atoms with Crippen molar-refractivity contribution in [2.24, 2.45) is 0 Å². The maximum Gasteiger partial charge on any atom is 0.193 e. The Labute approximate surface area is 343 Å². The maximum absolute atomic E-state index is 13.3. The van der Waals surface area contributed by atoms with Crippen molar-refractivity contribution in [2.45, 2.75) is 13.3 Å². The van der Waals surface area contributed by atoms with Gasteiger partial charge in [-0.2, -0.15) is 0 Å². The third-order valence-electron chi connectivity index (χ3n) is 9.90. The SMILES string of the molecule is COc1ccc(Cc2ccc(Oc3ccc(C(=O)c4ccc(Oc5ccc(-c6ccc(Oc7ccc(C(=O)c8ccc(C)cc8)cc7)cc6)cc5)cc4)cc3)cc2)cc1. The van der Waals surface area contributed by atoms with E-state index >= 15 is 0 Å². The van der Waals surface area contributed by atoms with E-state index in [1.807, 2.05) is 116 Å². The summed E-state index contributed by atoms with van der Waals surface area (Å²) in [5.41, 5.74) is 7.95. The van der Waals surface area contributed by atoms with E-state index in [1.165, 1.54) is 11.1 Å². The van der Waals surface area contributed by atoms with Crippen LogP contribution in [0.25, 0.3) is 11.1 Å². The molecule has 0 unspecified atom stereocenters. The number of carbonyl (C=O) groups excluding carboxylic acids is 2. The summed E-state index contributed by atoms with van der Waals surface area (Å²) in [4.78, 5) is 26.1. The molecule has 0 aliphatic heterocycles. The van der Waals surface area contributed by atoms with Crippen molar-refractivity contribution in [2.75, 3.05) is 7.11 Å². The van der Waals surface area contributed by atoms with Crippen LogP contribution in [-0.4, -0.2) is 18.7 Å². The van der Waals surface area contributed by atoms with Crippen LogP contribution in [0.2, 0.25) is 0 Å². The Hall–Kier alpha value is -7.70. The van der Waals surface area contributed by atoms with E-state index in [1.54, 1.807) is 67.8 Å². The van der Waals surface area contributed by atoms with Crippen molar-refractivity contribution in [3.63, 3.8) is 0 Å². The molecule has 0 radical (unpaired) electrons.